The van der Waals surface area contributed by atoms with Gasteiger partial charge in [-0.2, -0.15) is 5.26 Å². The van der Waals surface area contributed by atoms with Gasteiger partial charge in [-0.3, -0.25) is 0 Å². The van der Waals surface area contributed by atoms with Crippen molar-refractivity contribution >= 4 is 0 Å². The summed E-state index contributed by atoms with van der Waals surface area (Å²) in [6, 6.07) is 17.5. The van der Waals surface area contributed by atoms with Crippen molar-refractivity contribution in [2.24, 2.45) is 5.92 Å². The maximum atomic E-state index is 9.29. The van der Waals surface area contributed by atoms with E-state index >= 15 is 0 Å². The molecule has 0 spiro atoms. The van der Waals surface area contributed by atoms with E-state index in [0.29, 0.717) is 17.9 Å². The Hall–Kier alpha value is -2.51. The second-order valence-corrected chi connectivity index (χ2v) is 6.02. The van der Waals surface area contributed by atoms with Crippen LogP contribution in [0.2, 0.25) is 0 Å². The lowest BCUT2D eigenvalue weighted by molar-refractivity contribution is 0.0541. The van der Waals surface area contributed by atoms with Crippen molar-refractivity contribution in [3.05, 3.63) is 59.7 Å². The van der Waals surface area contributed by atoms with Crippen molar-refractivity contribution in [3.63, 3.8) is 0 Å². The van der Waals surface area contributed by atoms with E-state index in [1.165, 1.54) is 0 Å². The van der Waals surface area contributed by atoms with Gasteiger partial charge in [-0.05, 0) is 32.3 Å². The highest BCUT2D eigenvalue weighted by molar-refractivity contribution is 5.44. The van der Waals surface area contributed by atoms with Crippen molar-refractivity contribution < 1.29 is 9.47 Å². The van der Waals surface area contributed by atoms with Crippen LogP contribution in [0, 0.1) is 17.2 Å². The van der Waals surface area contributed by atoms with Gasteiger partial charge in [0.15, 0.2) is 0 Å². The molecule has 0 fully saturated rings. The van der Waals surface area contributed by atoms with Gasteiger partial charge >= 0.3 is 0 Å². The molecule has 0 amide bonds. The largest absolute Gasteiger partial charge is 0.493 e. The fourth-order valence-electron chi connectivity index (χ4n) is 2.96. The summed E-state index contributed by atoms with van der Waals surface area (Å²) in [5, 5.41) is 9.29. The minimum absolute atomic E-state index is 0.128. The monoisotopic (exact) mass is 308 g/mol. The van der Waals surface area contributed by atoms with E-state index in [4.69, 9.17) is 9.47 Å². The van der Waals surface area contributed by atoms with E-state index in [1.807, 2.05) is 56.6 Å². The molecule has 1 heterocycles. The smallest absolute Gasteiger partial charge is 0.138 e. The number of fused-ring (bicyclic) bond motifs is 1. The predicted octanol–water partition coefficient (Wildman–Crippen LogP) is 3.25. The van der Waals surface area contributed by atoms with Crippen LogP contribution in [-0.4, -0.2) is 32.1 Å². The molecule has 2 aromatic carbocycles. The standard InChI is InChI=1S/C19H20N2O2/c1-21(2)12-15-13-22-18-10-6-4-8-16(18)19(15)23-17-9-5-3-7-14(17)11-20/h3-10,15,19H,12-13H2,1-2H3/t15-,19-/m1/s1. The molecule has 2 aromatic rings. The average Bonchev–Trinajstić information content (AvgIpc) is 2.57. The van der Waals surface area contributed by atoms with Crippen LogP contribution < -0.4 is 9.47 Å². The van der Waals surface area contributed by atoms with E-state index in [9.17, 15) is 5.26 Å². The molecule has 118 valence electrons. The Balaban J connectivity index is 1.96. The molecule has 23 heavy (non-hydrogen) atoms. The molecule has 0 aromatic heterocycles. The van der Waals surface area contributed by atoms with Gasteiger partial charge in [0.1, 0.15) is 23.7 Å². The third kappa shape index (κ3) is 3.30. The van der Waals surface area contributed by atoms with Crippen LogP contribution in [0.15, 0.2) is 48.5 Å². The second kappa shape index (κ2) is 6.72. The molecule has 0 N–H and O–H groups in total. The normalized spacial score (nSPS) is 19.6. The van der Waals surface area contributed by atoms with Crippen molar-refractivity contribution in [1.82, 2.24) is 4.90 Å². The summed E-state index contributed by atoms with van der Waals surface area (Å²) in [5.74, 6) is 1.69. The number of para-hydroxylation sites is 2. The van der Waals surface area contributed by atoms with Crippen LogP contribution in [0.4, 0.5) is 0 Å². The van der Waals surface area contributed by atoms with Gasteiger partial charge in [0.25, 0.3) is 0 Å². The van der Waals surface area contributed by atoms with Gasteiger partial charge in [0.05, 0.1) is 12.2 Å². The molecule has 3 rings (SSSR count). The Bertz CT molecular complexity index is 721. The van der Waals surface area contributed by atoms with Crippen LogP contribution in [-0.2, 0) is 0 Å². The predicted molar refractivity (Wildman–Crippen MR) is 88.5 cm³/mol. The average molecular weight is 308 g/mol. The molecule has 2 atom stereocenters. The Kier molecular flexibility index (Phi) is 4.50. The number of ether oxygens (including phenoxy) is 2. The van der Waals surface area contributed by atoms with Crippen molar-refractivity contribution in [3.8, 4) is 17.6 Å². The van der Waals surface area contributed by atoms with Crippen molar-refractivity contribution in [1.29, 1.82) is 5.26 Å². The summed E-state index contributed by atoms with van der Waals surface area (Å²) >= 11 is 0. The zero-order valence-electron chi connectivity index (χ0n) is 13.4. The molecule has 1 aliphatic heterocycles. The molecule has 0 bridgehead atoms. The lowest BCUT2D eigenvalue weighted by atomic mass is 9.92. The Morgan fingerprint density at radius 2 is 1.91 bits per heavy atom. The molecule has 0 aliphatic carbocycles. The molecule has 4 nitrogen and oxygen atoms in total. The van der Waals surface area contributed by atoms with Crippen LogP contribution in [0.1, 0.15) is 17.2 Å². The molecule has 0 saturated heterocycles. The maximum absolute atomic E-state index is 9.29. The van der Waals surface area contributed by atoms with E-state index < -0.39 is 0 Å². The summed E-state index contributed by atoms with van der Waals surface area (Å²) < 4.78 is 12.2. The first-order chi connectivity index (χ1) is 11.2. The SMILES string of the molecule is CN(C)C[C@@H]1COc2ccccc2[C@@H]1Oc1ccccc1C#N. The third-order valence-corrected chi connectivity index (χ3v) is 3.97. The lowest BCUT2D eigenvalue weighted by Crippen LogP contribution is -2.36. The maximum Gasteiger partial charge on any atom is 0.138 e. The quantitative estimate of drug-likeness (QED) is 0.870. The van der Waals surface area contributed by atoms with Crippen LogP contribution in [0.5, 0.6) is 11.5 Å². The van der Waals surface area contributed by atoms with Crippen LogP contribution in [0.3, 0.4) is 0 Å². The van der Waals surface area contributed by atoms with E-state index in [-0.39, 0.29) is 12.0 Å². The third-order valence-electron chi connectivity index (χ3n) is 3.97. The first kappa shape index (κ1) is 15.4. The number of rotatable bonds is 4. The minimum atomic E-state index is -0.128. The van der Waals surface area contributed by atoms with Gasteiger partial charge in [-0.15, -0.1) is 0 Å². The number of hydrogen-bond donors (Lipinski definition) is 0. The highest BCUT2D eigenvalue weighted by atomic mass is 16.5. The number of benzene rings is 2. The molecule has 4 heteroatoms. The molecule has 0 radical (unpaired) electrons. The van der Waals surface area contributed by atoms with E-state index in [1.54, 1.807) is 6.07 Å². The number of nitriles is 1. The summed E-state index contributed by atoms with van der Waals surface area (Å²) in [7, 11) is 4.08. The first-order valence-corrected chi connectivity index (χ1v) is 7.71. The van der Waals surface area contributed by atoms with Gasteiger partial charge < -0.3 is 14.4 Å². The van der Waals surface area contributed by atoms with E-state index in [0.717, 1.165) is 17.9 Å². The fourth-order valence-corrected chi connectivity index (χ4v) is 2.96. The zero-order valence-corrected chi connectivity index (χ0v) is 13.4. The van der Waals surface area contributed by atoms with Gasteiger partial charge in [0, 0.05) is 18.0 Å². The molecular formula is C19H20N2O2. The molecule has 0 saturated carbocycles. The Morgan fingerprint density at radius 3 is 2.70 bits per heavy atom. The highest BCUT2D eigenvalue weighted by Gasteiger charge is 2.33. The summed E-state index contributed by atoms with van der Waals surface area (Å²) in [5.41, 5.74) is 1.60. The zero-order chi connectivity index (χ0) is 16.2. The fraction of sp³-hybridized carbons (Fsp3) is 0.316. The van der Waals surface area contributed by atoms with Gasteiger partial charge in [-0.1, -0.05) is 30.3 Å². The number of nitrogens with zero attached hydrogens (tertiary/aromatic N) is 2. The molecule has 1 aliphatic rings. The molecule has 0 unspecified atom stereocenters. The summed E-state index contributed by atoms with van der Waals surface area (Å²) in [6.07, 6.45) is -0.128. The summed E-state index contributed by atoms with van der Waals surface area (Å²) in [6.45, 7) is 1.46. The minimum Gasteiger partial charge on any atom is -0.493 e. The van der Waals surface area contributed by atoms with Gasteiger partial charge in [0.2, 0.25) is 0 Å². The highest BCUT2D eigenvalue weighted by Crippen LogP contribution is 2.39. The van der Waals surface area contributed by atoms with Crippen LogP contribution >= 0.6 is 0 Å². The van der Waals surface area contributed by atoms with Crippen molar-refractivity contribution in [2.45, 2.75) is 6.10 Å². The first-order valence-electron chi connectivity index (χ1n) is 7.71. The second-order valence-electron chi connectivity index (χ2n) is 6.02. The lowest BCUT2D eigenvalue weighted by Gasteiger charge is -2.35. The Morgan fingerprint density at radius 1 is 1.17 bits per heavy atom. The topological polar surface area (TPSA) is 45.5 Å². The summed E-state index contributed by atoms with van der Waals surface area (Å²) in [4.78, 5) is 2.13. The molecular weight excluding hydrogens is 288 g/mol. The van der Waals surface area contributed by atoms with Crippen LogP contribution in [0.25, 0.3) is 0 Å². The Labute approximate surface area is 136 Å². The van der Waals surface area contributed by atoms with Gasteiger partial charge in [-0.25, -0.2) is 0 Å². The van der Waals surface area contributed by atoms with E-state index in [2.05, 4.69) is 11.0 Å². The number of hydrogen-bond acceptors (Lipinski definition) is 4. The van der Waals surface area contributed by atoms with Crippen molar-refractivity contribution in [2.75, 3.05) is 27.2 Å².